The highest BCUT2D eigenvalue weighted by molar-refractivity contribution is 5.52. The average Bonchev–Trinajstić information content (AvgIpc) is 2.28. The molecule has 0 fully saturated rings. The van der Waals surface area contributed by atoms with Crippen LogP contribution in [0.25, 0.3) is 6.08 Å². The minimum atomic E-state index is 0.779. The van der Waals surface area contributed by atoms with Crippen LogP contribution in [0.4, 0.5) is 0 Å². The van der Waals surface area contributed by atoms with E-state index in [4.69, 9.17) is 11.5 Å². The third-order valence-electron chi connectivity index (χ3n) is 2.60. The second-order valence-corrected chi connectivity index (χ2v) is 4.23. The molecule has 0 bridgehead atoms. The van der Waals surface area contributed by atoms with Crippen LogP contribution in [-0.4, -0.2) is 6.54 Å². The molecule has 88 valence electrons. The van der Waals surface area contributed by atoms with Gasteiger partial charge in [-0.05, 0) is 44.4 Å². The summed E-state index contributed by atoms with van der Waals surface area (Å²) >= 11 is 0. The Labute approximate surface area is 98.3 Å². The van der Waals surface area contributed by atoms with Gasteiger partial charge in [0.2, 0.25) is 0 Å². The van der Waals surface area contributed by atoms with Gasteiger partial charge in [0.25, 0.3) is 0 Å². The maximum absolute atomic E-state index is 5.96. The van der Waals surface area contributed by atoms with Crippen LogP contribution in [0.1, 0.15) is 36.8 Å². The average molecular weight is 218 g/mol. The molecule has 0 saturated heterocycles. The molecule has 1 aromatic carbocycles. The molecule has 0 aliphatic heterocycles. The van der Waals surface area contributed by atoms with Crippen LogP contribution in [0, 0.1) is 6.92 Å². The normalized spacial score (nSPS) is 11.8. The van der Waals surface area contributed by atoms with E-state index >= 15 is 0 Å². The Morgan fingerprint density at radius 2 is 1.81 bits per heavy atom. The Morgan fingerprint density at radius 1 is 1.12 bits per heavy atom. The highest BCUT2D eigenvalue weighted by Crippen LogP contribution is 2.10. The van der Waals surface area contributed by atoms with Gasteiger partial charge in [-0.15, -0.1) is 0 Å². The zero-order valence-electron chi connectivity index (χ0n) is 10.1. The summed E-state index contributed by atoms with van der Waals surface area (Å²) in [6.07, 6.45) is 6.41. The molecule has 0 amide bonds. The molecule has 2 nitrogen and oxygen atoms in total. The molecule has 16 heavy (non-hydrogen) atoms. The number of aryl methyl sites for hydroxylation is 1. The number of benzene rings is 1. The highest BCUT2D eigenvalue weighted by atomic mass is 14.6. The highest BCUT2D eigenvalue weighted by Gasteiger charge is 1.93. The fourth-order valence-corrected chi connectivity index (χ4v) is 1.60. The van der Waals surface area contributed by atoms with Gasteiger partial charge in [0.15, 0.2) is 0 Å². The first-order chi connectivity index (χ1) is 7.72. The Bertz CT molecular complexity index is 325. The van der Waals surface area contributed by atoms with Crippen LogP contribution in [-0.2, 0) is 0 Å². The molecule has 4 N–H and O–H groups in total. The predicted octanol–water partition coefficient (Wildman–Crippen LogP) is 2.81. The number of hydrogen-bond acceptors (Lipinski definition) is 2. The molecule has 1 rings (SSSR count). The summed E-state index contributed by atoms with van der Waals surface area (Å²) in [6.45, 7) is 2.87. The summed E-state index contributed by atoms with van der Waals surface area (Å²) in [6, 6.07) is 8.41. The Morgan fingerprint density at radius 3 is 2.44 bits per heavy atom. The Balaban J connectivity index is 2.40. The second kappa shape index (κ2) is 7.07. The molecule has 0 aromatic heterocycles. The second-order valence-electron chi connectivity index (χ2n) is 4.23. The maximum Gasteiger partial charge on any atom is 0.00864 e. The quantitative estimate of drug-likeness (QED) is 0.721. The van der Waals surface area contributed by atoms with Gasteiger partial charge < -0.3 is 11.5 Å². The number of nitrogens with two attached hydrogens (primary N) is 2. The lowest BCUT2D eigenvalue weighted by Crippen LogP contribution is -2.00. The first-order valence-corrected chi connectivity index (χ1v) is 5.95. The predicted molar refractivity (Wildman–Crippen MR) is 70.9 cm³/mol. The lowest BCUT2D eigenvalue weighted by molar-refractivity contribution is 0.682. The van der Waals surface area contributed by atoms with Gasteiger partial charge in [-0.1, -0.05) is 36.2 Å². The summed E-state index contributed by atoms with van der Waals surface area (Å²) in [5.41, 5.74) is 14.8. The van der Waals surface area contributed by atoms with Crippen LogP contribution < -0.4 is 11.5 Å². The van der Waals surface area contributed by atoms with E-state index in [0.717, 1.165) is 31.5 Å². The van der Waals surface area contributed by atoms with Crippen molar-refractivity contribution in [3.63, 3.8) is 0 Å². The van der Waals surface area contributed by atoms with E-state index in [1.165, 1.54) is 17.5 Å². The van der Waals surface area contributed by atoms with Crippen molar-refractivity contribution in [3.8, 4) is 0 Å². The topological polar surface area (TPSA) is 52.0 Å². The smallest absolute Gasteiger partial charge is 0.00864 e. The van der Waals surface area contributed by atoms with Crippen molar-refractivity contribution in [1.29, 1.82) is 0 Å². The van der Waals surface area contributed by atoms with Crippen LogP contribution in [0.3, 0.4) is 0 Å². The molecule has 2 heteroatoms. The Hall–Kier alpha value is -1.28. The van der Waals surface area contributed by atoms with Gasteiger partial charge in [0.05, 0.1) is 0 Å². The molecule has 0 radical (unpaired) electrons. The SMILES string of the molecule is Cc1ccc(C=C(N)CCCCCN)cc1. The summed E-state index contributed by atoms with van der Waals surface area (Å²) in [5, 5.41) is 0. The molecule has 0 aliphatic carbocycles. The molecule has 0 aliphatic rings. The minimum absolute atomic E-state index is 0.779. The summed E-state index contributed by atoms with van der Waals surface area (Å²) in [4.78, 5) is 0. The van der Waals surface area contributed by atoms with E-state index in [0.29, 0.717) is 0 Å². The molecular weight excluding hydrogens is 196 g/mol. The minimum Gasteiger partial charge on any atom is -0.402 e. The van der Waals surface area contributed by atoms with Gasteiger partial charge in [-0.3, -0.25) is 0 Å². The fraction of sp³-hybridized carbons (Fsp3) is 0.429. The van der Waals surface area contributed by atoms with E-state index in [9.17, 15) is 0 Å². The molecule has 0 unspecified atom stereocenters. The monoisotopic (exact) mass is 218 g/mol. The summed E-state index contributed by atoms with van der Waals surface area (Å²) in [7, 11) is 0. The largest absolute Gasteiger partial charge is 0.402 e. The van der Waals surface area contributed by atoms with Gasteiger partial charge >= 0.3 is 0 Å². The van der Waals surface area contributed by atoms with Crippen LogP contribution in [0.15, 0.2) is 30.0 Å². The van der Waals surface area contributed by atoms with Crippen LogP contribution >= 0.6 is 0 Å². The van der Waals surface area contributed by atoms with Crippen LogP contribution in [0.2, 0.25) is 0 Å². The van der Waals surface area contributed by atoms with Gasteiger partial charge in [-0.25, -0.2) is 0 Å². The molecule has 0 atom stereocenters. The van der Waals surface area contributed by atoms with Crippen molar-refractivity contribution in [2.45, 2.75) is 32.6 Å². The third kappa shape index (κ3) is 4.99. The van der Waals surface area contributed by atoms with Crippen molar-refractivity contribution < 1.29 is 0 Å². The van der Waals surface area contributed by atoms with E-state index in [2.05, 4.69) is 37.3 Å². The van der Waals surface area contributed by atoms with Crippen molar-refractivity contribution >= 4 is 6.08 Å². The van der Waals surface area contributed by atoms with Crippen molar-refractivity contribution in [1.82, 2.24) is 0 Å². The van der Waals surface area contributed by atoms with E-state index in [1.54, 1.807) is 0 Å². The van der Waals surface area contributed by atoms with Gasteiger partial charge in [0.1, 0.15) is 0 Å². The van der Waals surface area contributed by atoms with E-state index < -0.39 is 0 Å². The zero-order chi connectivity index (χ0) is 11.8. The standard InChI is InChI=1S/C14H22N2/c1-12-6-8-13(9-7-12)11-14(16)5-3-2-4-10-15/h6-9,11H,2-5,10,15-16H2,1H3. The molecule has 0 spiro atoms. The maximum atomic E-state index is 5.96. The molecule has 0 saturated carbocycles. The van der Waals surface area contributed by atoms with E-state index in [1.807, 2.05) is 0 Å². The Kier molecular flexibility index (Phi) is 5.65. The molecule has 0 heterocycles. The summed E-state index contributed by atoms with van der Waals surface area (Å²) < 4.78 is 0. The lowest BCUT2D eigenvalue weighted by atomic mass is 10.1. The number of unbranched alkanes of at least 4 members (excludes halogenated alkanes) is 2. The van der Waals surface area contributed by atoms with Gasteiger partial charge in [0, 0.05) is 5.70 Å². The van der Waals surface area contributed by atoms with E-state index in [-0.39, 0.29) is 0 Å². The van der Waals surface area contributed by atoms with Gasteiger partial charge in [-0.2, -0.15) is 0 Å². The third-order valence-corrected chi connectivity index (χ3v) is 2.60. The number of hydrogen-bond donors (Lipinski definition) is 2. The fourth-order valence-electron chi connectivity index (χ4n) is 1.60. The summed E-state index contributed by atoms with van der Waals surface area (Å²) in [5.74, 6) is 0. The first-order valence-electron chi connectivity index (χ1n) is 5.95. The van der Waals surface area contributed by atoms with Crippen LogP contribution in [0.5, 0.6) is 0 Å². The van der Waals surface area contributed by atoms with Crippen molar-refractivity contribution in [2.24, 2.45) is 11.5 Å². The zero-order valence-corrected chi connectivity index (χ0v) is 10.1. The first kappa shape index (κ1) is 12.8. The molecule has 1 aromatic rings. The van der Waals surface area contributed by atoms with Crippen molar-refractivity contribution in [3.05, 3.63) is 41.1 Å². The lowest BCUT2D eigenvalue weighted by Gasteiger charge is -2.02. The number of rotatable bonds is 6. The molecular formula is C14H22N2. The van der Waals surface area contributed by atoms with Crippen molar-refractivity contribution in [2.75, 3.05) is 6.54 Å². The number of allylic oxidation sites excluding steroid dienone is 1.